The van der Waals surface area contributed by atoms with Gasteiger partial charge in [0.1, 0.15) is 11.5 Å². The maximum absolute atomic E-state index is 12.2. The molecule has 0 unspecified atom stereocenters. The fraction of sp³-hybridized carbons (Fsp3) is 0.158. The number of nitrogens with zero attached hydrogens (tertiary/aromatic N) is 2. The molecule has 0 aliphatic heterocycles. The van der Waals surface area contributed by atoms with E-state index in [1.807, 2.05) is 18.2 Å². The maximum Gasteiger partial charge on any atom is 0.267 e. The maximum atomic E-state index is 12.2. The molecule has 134 valence electrons. The molecule has 0 N–H and O–H groups in total. The average Bonchev–Trinajstić information content (AvgIpc) is 2.66. The van der Waals surface area contributed by atoms with Gasteiger partial charge < -0.3 is 9.47 Å². The monoisotopic (exact) mass is 390 g/mol. The molecular weight excluding hydrogens is 375 g/mol. The van der Waals surface area contributed by atoms with Crippen molar-refractivity contribution in [3.8, 4) is 22.8 Å². The predicted molar refractivity (Wildman–Crippen MR) is 103 cm³/mol. The van der Waals surface area contributed by atoms with Crippen LogP contribution < -0.4 is 15.0 Å². The Morgan fingerprint density at radius 3 is 2.46 bits per heavy atom. The summed E-state index contributed by atoms with van der Waals surface area (Å²) >= 11 is 12.0. The van der Waals surface area contributed by atoms with Crippen molar-refractivity contribution in [3.63, 3.8) is 0 Å². The van der Waals surface area contributed by atoms with E-state index in [1.54, 1.807) is 38.5 Å². The van der Waals surface area contributed by atoms with Gasteiger partial charge in [0.15, 0.2) is 0 Å². The van der Waals surface area contributed by atoms with Gasteiger partial charge in [-0.1, -0.05) is 29.3 Å². The van der Waals surface area contributed by atoms with E-state index in [1.165, 1.54) is 10.7 Å². The van der Waals surface area contributed by atoms with Crippen molar-refractivity contribution in [2.75, 3.05) is 14.2 Å². The van der Waals surface area contributed by atoms with Gasteiger partial charge in [-0.3, -0.25) is 4.79 Å². The van der Waals surface area contributed by atoms with Crippen molar-refractivity contribution in [2.24, 2.45) is 0 Å². The largest absolute Gasteiger partial charge is 0.497 e. The molecule has 0 spiro atoms. The van der Waals surface area contributed by atoms with E-state index in [4.69, 9.17) is 32.7 Å². The van der Waals surface area contributed by atoms with Crippen LogP contribution in [-0.4, -0.2) is 24.0 Å². The number of hydrogen-bond acceptors (Lipinski definition) is 4. The normalized spacial score (nSPS) is 10.6. The van der Waals surface area contributed by atoms with Gasteiger partial charge in [0.25, 0.3) is 5.56 Å². The van der Waals surface area contributed by atoms with E-state index < -0.39 is 0 Å². The summed E-state index contributed by atoms with van der Waals surface area (Å²) in [6, 6.07) is 13.8. The van der Waals surface area contributed by atoms with Crippen LogP contribution >= 0.6 is 23.2 Å². The van der Waals surface area contributed by atoms with Crippen molar-refractivity contribution in [2.45, 2.75) is 6.54 Å². The molecule has 0 amide bonds. The van der Waals surface area contributed by atoms with E-state index in [0.29, 0.717) is 27.2 Å². The molecule has 0 aliphatic carbocycles. The lowest BCUT2D eigenvalue weighted by molar-refractivity contribution is 0.395. The quantitative estimate of drug-likeness (QED) is 0.652. The van der Waals surface area contributed by atoms with Gasteiger partial charge in [-0.2, -0.15) is 5.10 Å². The van der Waals surface area contributed by atoms with Crippen LogP contribution in [0.15, 0.2) is 53.3 Å². The Morgan fingerprint density at radius 2 is 1.77 bits per heavy atom. The highest BCUT2D eigenvalue weighted by atomic mass is 35.5. The molecule has 0 saturated carbocycles. The first kappa shape index (κ1) is 18.3. The summed E-state index contributed by atoms with van der Waals surface area (Å²) in [7, 11) is 3.16. The lowest BCUT2D eigenvalue weighted by Crippen LogP contribution is -2.22. The number of halogens is 2. The lowest BCUT2D eigenvalue weighted by atomic mass is 10.1. The average molecular weight is 391 g/mol. The second-order valence-electron chi connectivity index (χ2n) is 5.53. The second-order valence-corrected chi connectivity index (χ2v) is 6.34. The van der Waals surface area contributed by atoms with E-state index in [0.717, 1.165) is 11.1 Å². The molecule has 0 atom stereocenters. The van der Waals surface area contributed by atoms with Crippen LogP contribution in [0.1, 0.15) is 5.56 Å². The van der Waals surface area contributed by atoms with Crippen molar-refractivity contribution in [3.05, 3.63) is 74.5 Å². The third kappa shape index (κ3) is 3.84. The van der Waals surface area contributed by atoms with E-state index in [-0.39, 0.29) is 12.1 Å². The number of aromatic nitrogens is 2. The van der Waals surface area contributed by atoms with Gasteiger partial charge in [0.05, 0.1) is 36.5 Å². The van der Waals surface area contributed by atoms with E-state index in [2.05, 4.69) is 5.10 Å². The van der Waals surface area contributed by atoms with Crippen LogP contribution in [0.2, 0.25) is 10.0 Å². The van der Waals surface area contributed by atoms with Crippen LogP contribution in [0.4, 0.5) is 0 Å². The molecular formula is C19H16Cl2N2O3. The molecule has 0 aliphatic rings. The van der Waals surface area contributed by atoms with Crippen molar-refractivity contribution in [1.82, 2.24) is 9.78 Å². The third-order valence-electron chi connectivity index (χ3n) is 3.87. The van der Waals surface area contributed by atoms with Crippen molar-refractivity contribution in [1.29, 1.82) is 0 Å². The first-order valence-corrected chi connectivity index (χ1v) is 8.52. The summed E-state index contributed by atoms with van der Waals surface area (Å²) in [6.45, 7) is 0.280. The highest BCUT2D eigenvalue weighted by molar-refractivity contribution is 6.42. The van der Waals surface area contributed by atoms with Crippen LogP contribution in [0.25, 0.3) is 11.3 Å². The Bertz CT molecular complexity index is 1000. The van der Waals surface area contributed by atoms with Gasteiger partial charge in [-0.15, -0.1) is 0 Å². The number of rotatable bonds is 5. The smallest absolute Gasteiger partial charge is 0.267 e. The number of ether oxygens (including phenoxy) is 2. The molecule has 0 radical (unpaired) electrons. The summed E-state index contributed by atoms with van der Waals surface area (Å²) in [5, 5.41) is 5.36. The van der Waals surface area contributed by atoms with Gasteiger partial charge in [-0.05, 0) is 35.9 Å². The van der Waals surface area contributed by atoms with Crippen LogP contribution in [0.3, 0.4) is 0 Å². The van der Waals surface area contributed by atoms with Gasteiger partial charge >= 0.3 is 0 Å². The number of hydrogen-bond donors (Lipinski definition) is 0. The molecule has 1 heterocycles. The van der Waals surface area contributed by atoms with E-state index in [9.17, 15) is 4.79 Å². The standard InChI is InChI=1S/C19H16Cl2N2O3/c1-25-13-4-5-14(18(10-13)26-2)17-7-8-19(24)23(22-17)11-12-3-6-15(20)16(21)9-12/h3-10H,11H2,1-2H3. The summed E-state index contributed by atoms with van der Waals surface area (Å²) < 4.78 is 12.0. The zero-order valence-electron chi connectivity index (χ0n) is 14.2. The Labute approximate surface area is 160 Å². The summed E-state index contributed by atoms with van der Waals surface area (Å²) in [6.07, 6.45) is 0. The van der Waals surface area contributed by atoms with E-state index >= 15 is 0 Å². The molecule has 7 heteroatoms. The van der Waals surface area contributed by atoms with Gasteiger partial charge in [0.2, 0.25) is 0 Å². The van der Waals surface area contributed by atoms with Crippen LogP contribution in [0, 0.1) is 0 Å². The summed E-state index contributed by atoms with van der Waals surface area (Å²) in [4.78, 5) is 12.2. The SMILES string of the molecule is COc1ccc(-c2ccc(=O)n(Cc3ccc(Cl)c(Cl)c3)n2)c(OC)c1. The fourth-order valence-electron chi connectivity index (χ4n) is 2.53. The third-order valence-corrected chi connectivity index (χ3v) is 4.61. The predicted octanol–water partition coefficient (Wildman–Crippen LogP) is 4.28. The van der Waals surface area contributed by atoms with Gasteiger partial charge in [-0.25, -0.2) is 4.68 Å². The first-order valence-electron chi connectivity index (χ1n) is 7.76. The first-order chi connectivity index (χ1) is 12.5. The molecule has 0 fully saturated rings. The van der Waals surface area contributed by atoms with Crippen LogP contribution in [0.5, 0.6) is 11.5 Å². The summed E-state index contributed by atoms with van der Waals surface area (Å²) in [5.41, 5.74) is 1.99. The number of methoxy groups -OCH3 is 2. The Morgan fingerprint density at radius 1 is 0.962 bits per heavy atom. The molecule has 3 aromatic rings. The van der Waals surface area contributed by atoms with Crippen molar-refractivity contribution < 1.29 is 9.47 Å². The molecule has 3 rings (SSSR count). The highest BCUT2D eigenvalue weighted by Crippen LogP contribution is 2.31. The minimum absolute atomic E-state index is 0.215. The van der Waals surface area contributed by atoms with Crippen molar-refractivity contribution >= 4 is 23.2 Å². The van der Waals surface area contributed by atoms with Crippen LogP contribution in [-0.2, 0) is 6.54 Å². The highest BCUT2D eigenvalue weighted by Gasteiger charge is 2.11. The second kappa shape index (κ2) is 7.81. The minimum Gasteiger partial charge on any atom is -0.497 e. The Hall–Kier alpha value is -2.50. The number of benzene rings is 2. The summed E-state index contributed by atoms with van der Waals surface area (Å²) in [5.74, 6) is 1.28. The zero-order chi connectivity index (χ0) is 18.7. The lowest BCUT2D eigenvalue weighted by Gasteiger charge is -2.12. The molecule has 1 aromatic heterocycles. The Balaban J connectivity index is 2.00. The Kier molecular flexibility index (Phi) is 5.49. The zero-order valence-corrected chi connectivity index (χ0v) is 15.7. The molecule has 26 heavy (non-hydrogen) atoms. The topological polar surface area (TPSA) is 53.4 Å². The minimum atomic E-state index is -0.215. The molecule has 0 bridgehead atoms. The molecule has 2 aromatic carbocycles. The molecule has 0 saturated heterocycles. The fourth-order valence-corrected chi connectivity index (χ4v) is 2.85. The van der Waals surface area contributed by atoms with Gasteiger partial charge in [0, 0.05) is 17.7 Å². The molecule has 5 nitrogen and oxygen atoms in total.